The first kappa shape index (κ1) is 18.5. The Morgan fingerprint density at radius 2 is 1.96 bits per heavy atom. The standard InChI is InChI=1S/C18H15Cl2NO5/c1-8(2)25-18(23)26-16-9(3)21-13-7-24-17(22)15(13)14(16)10-4-5-11(19)12(20)6-10/h4-6,8H,7H2,1-3H3. The molecule has 0 N–H and O–H groups in total. The molecule has 0 saturated carbocycles. The molecule has 26 heavy (non-hydrogen) atoms. The number of aryl methyl sites for hydroxylation is 1. The fourth-order valence-corrected chi connectivity index (χ4v) is 2.93. The van der Waals surface area contributed by atoms with E-state index in [9.17, 15) is 9.59 Å². The maximum Gasteiger partial charge on any atom is 0.514 e. The maximum atomic E-state index is 12.2. The molecule has 6 nitrogen and oxygen atoms in total. The summed E-state index contributed by atoms with van der Waals surface area (Å²) in [6.07, 6.45) is -1.25. The summed E-state index contributed by atoms with van der Waals surface area (Å²) in [7, 11) is 0. The van der Waals surface area contributed by atoms with E-state index in [1.54, 1.807) is 39.0 Å². The third kappa shape index (κ3) is 3.48. The van der Waals surface area contributed by atoms with Crippen LogP contribution in [0.4, 0.5) is 4.79 Å². The number of pyridine rings is 1. The first-order valence-corrected chi connectivity index (χ1v) is 8.58. The molecule has 2 aromatic rings. The summed E-state index contributed by atoms with van der Waals surface area (Å²) < 4.78 is 15.5. The highest BCUT2D eigenvalue weighted by Crippen LogP contribution is 2.41. The Bertz CT molecular complexity index is 911. The predicted molar refractivity (Wildman–Crippen MR) is 95.8 cm³/mol. The molecule has 0 fully saturated rings. The lowest BCUT2D eigenvalue weighted by Crippen LogP contribution is -2.17. The number of hydrogen-bond donors (Lipinski definition) is 0. The number of cyclic esters (lactones) is 1. The molecular formula is C18H15Cl2NO5. The normalized spacial score (nSPS) is 12.8. The van der Waals surface area contributed by atoms with Crippen LogP contribution in [0.15, 0.2) is 18.2 Å². The van der Waals surface area contributed by atoms with E-state index in [0.717, 1.165) is 0 Å². The van der Waals surface area contributed by atoms with Crippen LogP contribution in [0.3, 0.4) is 0 Å². The molecule has 0 unspecified atom stereocenters. The predicted octanol–water partition coefficient (Wildman–Crippen LogP) is 4.96. The number of carbonyl (C=O) groups excluding carboxylic acids is 2. The fraction of sp³-hybridized carbons (Fsp3) is 0.278. The minimum atomic E-state index is -0.891. The van der Waals surface area contributed by atoms with Gasteiger partial charge < -0.3 is 14.2 Å². The number of ether oxygens (including phenoxy) is 3. The van der Waals surface area contributed by atoms with Crippen LogP contribution in [0.5, 0.6) is 5.75 Å². The second-order valence-electron chi connectivity index (χ2n) is 5.95. The van der Waals surface area contributed by atoms with Crippen molar-refractivity contribution in [2.75, 3.05) is 0 Å². The zero-order valence-corrected chi connectivity index (χ0v) is 15.8. The summed E-state index contributed by atoms with van der Waals surface area (Å²) in [5.41, 5.74) is 2.05. The summed E-state index contributed by atoms with van der Waals surface area (Å²) in [6, 6.07) is 4.86. The molecule has 0 amide bonds. The Morgan fingerprint density at radius 1 is 1.23 bits per heavy atom. The van der Waals surface area contributed by atoms with E-state index >= 15 is 0 Å². The van der Waals surface area contributed by atoms with Crippen molar-refractivity contribution in [2.24, 2.45) is 0 Å². The Kier molecular flexibility index (Phi) is 5.07. The zero-order chi connectivity index (χ0) is 19.0. The Labute approximate surface area is 160 Å². The number of nitrogens with zero attached hydrogens (tertiary/aromatic N) is 1. The van der Waals surface area contributed by atoms with Gasteiger partial charge in [-0.2, -0.15) is 0 Å². The van der Waals surface area contributed by atoms with Crippen LogP contribution >= 0.6 is 23.2 Å². The zero-order valence-electron chi connectivity index (χ0n) is 14.3. The quantitative estimate of drug-likeness (QED) is 0.683. The van der Waals surface area contributed by atoms with Gasteiger partial charge in [-0.25, -0.2) is 14.6 Å². The third-order valence-corrected chi connectivity index (χ3v) is 4.41. The molecule has 1 aliphatic rings. The molecule has 1 aromatic carbocycles. The van der Waals surface area contributed by atoms with E-state index in [0.29, 0.717) is 32.6 Å². The van der Waals surface area contributed by atoms with Crippen LogP contribution in [0.25, 0.3) is 11.1 Å². The second kappa shape index (κ2) is 7.13. The van der Waals surface area contributed by atoms with Crippen LogP contribution in [0, 0.1) is 6.92 Å². The number of halogens is 2. The van der Waals surface area contributed by atoms with Gasteiger partial charge in [-0.1, -0.05) is 29.3 Å². The molecule has 2 heterocycles. The SMILES string of the molecule is Cc1nc2c(c(-c3ccc(Cl)c(Cl)c3)c1OC(=O)OC(C)C)C(=O)OC2. The van der Waals surface area contributed by atoms with Crippen molar-refractivity contribution in [1.82, 2.24) is 4.98 Å². The molecule has 136 valence electrons. The van der Waals surface area contributed by atoms with Crippen molar-refractivity contribution in [3.63, 3.8) is 0 Å². The highest BCUT2D eigenvalue weighted by Gasteiger charge is 2.32. The van der Waals surface area contributed by atoms with Crippen LogP contribution < -0.4 is 4.74 Å². The molecule has 0 radical (unpaired) electrons. The number of fused-ring (bicyclic) bond motifs is 1. The van der Waals surface area contributed by atoms with E-state index in [1.807, 2.05) is 0 Å². The van der Waals surface area contributed by atoms with Crippen LogP contribution in [0.1, 0.15) is 35.6 Å². The van der Waals surface area contributed by atoms with E-state index in [-0.39, 0.29) is 24.0 Å². The van der Waals surface area contributed by atoms with E-state index < -0.39 is 12.1 Å². The smallest absolute Gasteiger partial charge is 0.455 e. The molecule has 1 aromatic heterocycles. The van der Waals surface area contributed by atoms with E-state index in [4.69, 9.17) is 37.4 Å². The van der Waals surface area contributed by atoms with Crippen LogP contribution in [-0.2, 0) is 16.1 Å². The highest BCUT2D eigenvalue weighted by atomic mass is 35.5. The average molecular weight is 396 g/mol. The van der Waals surface area contributed by atoms with Crippen LogP contribution in [0.2, 0.25) is 10.0 Å². The molecular weight excluding hydrogens is 381 g/mol. The largest absolute Gasteiger partial charge is 0.514 e. The lowest BCUT2D eigenvalue weighted by atomic mass is 9.97. The Morgan fingerprint density at radius 3 is 2.62 bits per heavy atom. The maximum absolute atomic E-state index is 12.2. The summed E-state index contributed by atoms with van der Waals surface area (Å²) >= 11 is 12.1. The van der Waals surface area contributed by atoms with Gasteiger partial charge in [0.1, 0.15) is 6.61 Å². The molecule has 0 spiro atoms. The summed E-state index contributed by atoms with van der Waals surface area (Å²) in [5, 5.41) is 0.663. The van der Waals surface area contributed by atoms with Crippen molar-refractivity contribution in [3.05, 3.63) is 45.2 Å². The minimum absolute atomic E-state index is 0.0556. The number of esters is 1. The molecule has 0 aliphatic carbocycles. The van der Waals surface area contributed by atoms with Gasteiger partial charge in [-0.05, 0) is 38.5 Å². The Balaban J connectivity index is 2.20. The number of carbonyl (C=O) groups is 2. The van der Waals surface area contributed by atoms with E-state index in [2.05, 4.69) is 4.98 Å². The van der Waals surface area contributed by atoms with Gasteiger partial charge in [0.2, 0.25) is 0 Å². The second-order valence-corrected chi connectivity index (χ2v) is 6.76. The van der Waals surface area contributed by atoms with Gasteiger partial charge in [0, 0.05) is 5.56 Å². The van der Waals surface area contributed by atoms with Crippen LogP contribution in [-0.4, -0.2) is 23.2 Å². The molecule has 0 atom stereocenters. The van der Waals surface area contributed by atoms with Crippen molar-refractivity contribution in [3.8, 4) is 16.9 Å². The average Bonchev–Trinajstić information content (AvgIpc) is 2.91. The van der Waals surface area contributed by atoms with Crippen molar-refractivity contribution in [2.45, 2.75) is 33.5 Å². The number of benzene rings is 1. The van der Waals surface area contributed by atoms with Gasteiger partial charge >= 0.3 is 12.1 Å². The van der Waals surface area contributed by atoms with E-state index in [1.165, 1.54) is 0 Å². The number of rotatable bonds is 3. The minimum Gasteiger partial charge on any atom is -0.455 e. The topological polar surface area (TPSA) is 74.7 Å². The summed E-state index contributed by atoms with van der Waals surface area (Å²) in [6.45, 7) is 5.13. The van der Waals surface area contributed by atoms with Crippen molar-refractivity contribution < 1.29 is 23.8 Å². The molecule has 3 rings (SSSR count). The monoisotopic (exact) mass is 395 g/mol. The fourth-order valence-electron chi connectivity index (χ4n) is 2.63. The lowest BCUT2D eigenvalue weighted by molar-refractivity contribution is 0.0532. The number of hydrogen-bond acceptors (Lipinski definition) is 6. The van der Waals surface area contributed by atoms with Crippen molar-refractivity contribution >= 4 is 35.3 Å². The molecule has 0 bridgehead atoms. The van der Waals surface area contributed by atoms with Gasteiger partial charge in [0.15, 0.2) is 5.75 Å². The molecule has 1 aliphatic heterocycles. The summed E-state index contributed by atoms with van der Waals surface area (Å²) in [4.78, 5) is 28.6. The van der Waals surface area contributed by atoms with Gasteiger partial charge in [-0.15, -0.1) is 0 Å². The molecule has 8 heteroatoms. The van der Waals surface area contributed by atoms with Gasteiger partial charge in [-0.3, -0.25) is 0 Å². The lowest BCUT2D eigenvalue weighted by Gasteiger charge is -2.16. The number of aromatic nitrogens is 1. The first-order valence-electron chi connectivity index (χ1n) is 7.82. The summed E-state index contributed by atoms with van der Waals surface area (Å²) in [5.74, 6) is -0.428. The third-order valence-electron chi connectivity index (χ3n) is 3.67. The first-order chi connectivity index (χ1) is 12.3. The molecule has 0 saturated heterocycles. The highest BCUT2D eigenvalue weighted by molar-refractivity contribution is 6.42. The van der Waals surface area contributed by atoms with Gasteiger partial charge in [0.05, 0.1) is 33.1 Å². The van der Waals surface area contributed by atoms with Crippen molar-refractivity contribution in [1.29, 1.82) is 0 Å². The van der Waals surface area contributed by atoms with Gasteiger partial charge in [0.25, 0.3) is 0 Å². The Hall–Kier alpha value is -2.31.